The first-order chi connectivity index (χ1) is 20.0. The third kappa shape index (κ3) is 6.75. The normalized spacial score (nSPS) is 23.0. The van der Waals surface area contributed by atoms with Crippen LogP contribution >= 0.6 is 23.2 Å². The number of likely N-dealkylation sites (N-methyl/N-ethyl adjacent to an activating group) is 1. The summed E-state index contributed by atoms with van der Waals surface area (Å²) < 4.78 is 0. The number of rotatable bonds is 12. The fraction of sp³-hybridized carbons (Fsp3) is 0.500. The van der Waals surface area contributed by atoms with Gasteiger partial charge in [-0.25, -0.2) is 0 Å². The van der Waals surface area contributed by atoms with Crippen LogP contribution in [0, 0.1) is 0 Å². The van der Waals surface area contributed by atoms with Gasteiger partial charge in [-0.2, -0.15) is 0 Å². The second-order valence-electron chi connectivity index (χ2n) is 13.0. The van der Waals surface area contributed by atoms with E-state index in [1.807, 2.05) is 24.3 Å². The first-order valence-corrected chi connectivity index (χ1v) is 16.3. The Morgan fingerprint density at radius 1 is 0.810 bits per heavy atom. The Bertz CT molecular complexity index is 1300. The molecule has 0 amide bonds. The predicted molar refractivity (Wildman–Crippen MR) is 181 cm³/mol. The van der Waals surface area contributed by atoms with E-state index in [0.717, 1.165) is 55.6 Å². The maximum Gasteiger partial charge on any atom is 0.0879 e. The highest BCUT2D eigenvalue weighted by Crippen LogP contribution is 2.54. The molecule has 0 bridgehead atoms. The van der Waals surface area contributed by atoms with Crippen LogP contribution in [0.25, 0.3) is 0 Å². The summed E-state index contributed by atoms with van der Waals surface area (Å²) >= 11 is 12.8. The van der Waals surface area contributed by atoms with Gasteiger partial charge in [-0.3, -0.25) is 10.2 Å². The number of nitrogens with one attached hydrogen (secondary N) is 3. The van der Waals surface area contributed by atoms with E-state index in [9.17, 15) is 0 Å². The average Bonchev–Trinajstić information content (AvgIpc) is 3.18. The molecule has 228 valence electrons. The summed E-state index contributed by atoms with van der Waals surface area (Å²) in [4.78, 5) is 2.68. The Morgan fingerprint density at radius 2 is 1.40 bits per heavy atom. The lowest BCUT2D eigenvalue weighted by atomic mass is 9.71. The smallest absolute Gasteiger partial charge is 0.0879 e. The largest absolute Gasteiger partial charge is 0.316 e. The lowest BCUT2D eigenvalue weighted by Crippen LogP contribution is -2.53. The predicted octanol–water partition coefficient (Wildman–Crippen LogP) is 8.18. The first kappa shape index (κ1) is 33.0. The minimum absolute atomic E-state index is 0.0116. The topological polar surface area (TPSA) is 39.3 Å². The molecule has 3 aromatic rings. The van der Waals surface area contributed by atoms with Gasteiger partial charge in [0, 0.05) is 36.2 Å². The third-order valence-electron chi connectivity index (χ3n) is 9.19. The maximum atomic E-state index is 6.42. The molecular formula is C36H50Cl2N4. The van der Waals surface area contributed by atoms with Crippen molar-refractivity contribution in [2.75, 3.05) is 32.7 Å². The number of halogens is 2. The average molecular weight is 610 g/mol. The van der Waals surface area contributed by atoms with E-state index in [1.165, 1.54) is 27.8 Å². The molecule has 4 rings (SSSR count). The summed E-state index contributed by atoms with van der Waals surface area (Å²) in [6.45, 7) is 20.7. The number of hydrogen-bond donors (Lipinski definition) is 3. The molecule has 1 aliphatic rings. The quantitative estimate of drug-likeness (QED) is 0.181. The van der Waals surface area contributed by atoms with E-state index in [0.29, 0.717) is 0 Å². The Hall–Kier alpha value is -1.92. The van der Waals surface area contributed by atoms with E-state index in [-0.39, 0.29) is 11.6 Å². The van der Waals surface area contributed by atoms with Crippen LogP contribution in [0.1, 0.15) is 88.9 Å². The number of aryl methyl sites for hydroxylation is 1. The maximum absolute atomic E-state index is 6.42. The van der Waals surface area contributed by atoms with Crippen molar-refractivity contribution in [3.05, 3.63) is 105 Å². The minimum Gasteiger partial charge on any atom is -0.316 e. The molecule has 1 heterocycles. The van der Waals surface area contributed by atoms with Crippen LogP contribution in [0.5, 0.6) is 0 Å². The van der Waals surface area contributed by atoms with Crippen molar-refractivity contribution in [1.82, 2.24) is 20.9 Å². The van der Waals surface area contributed by atoms with Gasteiger partial charge in [0.05, 0.1) is 17.2 Å². The molecule has 42 heavy (non-hydrogen) atoms. The molecule has 0 aliphatic carbocycles. The second kappa shape index (κ2) is 13.8. The molecule has 1 unspecified atom stereocenters. The van der Waals surface area contributed by atoms with Crippen molar-refractivity contribution < 1.29 is 0 Å². The molecule has 6 heteroatoms. The molecule has 1 saturated heterocycles. The van der Waals surface area contributed by atoms with Gasteiger partial charge in [-0.15, -0.1) is 0 Å². The summed E-state index contributed by atoms with van der Waals surface area (Å²) in [5.41, 5.74) is 5.87. The summed E-state index contributed by atoms with van der Waals surface area (Å²) in [6.07, 6.45) is 2.15. The van der Waals surface area contributed by atoms with Crippen LogP contribution in [-0.4, -0.2) is 37.6 Å². The van der Waals surface area contributed by atoms with Crippen molar-refractivity contribution >= 4 is 23.2 Å². The minimum atomic E-state index is -0.425. The van der Waals surface area contributed by atoms with Gasteiger partial charge in [-0.05, 0) is 84.3 Å². The first-order valence-electron chi connectivity index (χ1n) is 15.6. The van der Waals surface area contributed by atoms with Crippen molar-refractivity contribution in [2.24, 2.45) is 0 Å². The number of benzene rings is 3. The van der Waals surface area contributed by atoms with Crippen molar-refractivity contribution in [2.45, 2.75) is 84.0 Å². The van der Waals surface area contributed by atoms with Gasteiger partial charge in [0.2, 0.25) is 0 Å². The fourth-order valence-corrected chi connectivity index (χ4v) is 6.77. The Labute approximate surface area is 264 Å². The van der Waals surface area contributed by atoms with Gasteiger partial charge < -0.3 is 10.6 Å². The Morgan fingerprint density at radius 3 is 1.98 bits per heavy atom. The van der Waals surface area contributed by atoms with E-state index < -0.39 is 11.1 Å². The van der Waals surface area contributed by atoms with E-state index in [1.54, 1.807) is 0 Å². The molecule has 0 aromatic heterocycles. The van der Waals surface area contributed by atoms with Crippen molar-refractivity contribution in [3.8, 4) is 0 Å². The SMILES string of the molecule is CCCc1cc(C(C)(C)C)ccc1C1N[C@@](C)(c2ccc(Cl)cc2)[C@@](C)(c2ccc(Cl)cc2)N1CCNCCNCC. The summed E-state index contributed by atoms with van der Waals surface area (Å²) in [7, 11) is 0. The molecule has 1 aliphatic heterocycles. The monoisotopic (exact) mass is 608 g/mol. The van der Waals surface area contributed by atoms with Crippen LogP contribution in [0.4, 0.5) is 0 Å². The van der Waals surface area contributed by atoms with E-state index in [2.05, 4.69) is 112 Å². The van der Waals surface area contributed by atoms with Gasteiger partial charge in [0.15, 0.2) is 0 Å². The van der Waals surface area contributed by atoms with Crippen LogP contribution in [0.2, 0.25) is 10.0 Å². The summed E-state index contributed by atoms with van der Waals surface area (Å²) in [5.74, 6) is 0. The Balaban J connectivity index is 1.88. The van der Waals surface area contributed by atoms with Crippen LogP contribution in [0.15, 0.2) is 66.7 Å². The molecule has 0 radical (unpaired) electrons. The van der Waals surface area contributed by atoms with Gasteiger partial charge >= 0.3 is 0 Å². The van der Waals surface area contributed by atoms with Crippen LogP contribution in [0.3, 0.4) is 0 Å². The molecule has 0 saturated carbocycles. The highest BCUT2D eigenvalue weighted by molar-refractivity contribution is 6.30. The number of hydrogen-bond acceptors (Lipinski definition) is 4. The third-order valence-corrected chi connectivity index (χ3v) is 9.70. The van der Waals surface area contributed by atoms with Crippen molar-refractivity contribution in [1.29, 1.82) is 0 Å². The van der Waals surface area contributed by atoms with E-state index >= 15 is 0 Å². The summed E-state index contributed by atoms with van der Waals surface area (Å²) in [5, 5.41) is 12.8. The summed E-state index contributed by atoms with van der Waals surface area (Å²) in [6, 6.07) is 24.0. The molecule has 3 N–H and O–H groups in total. The van der Waals surface area contributed by atoms with Gasteiger partial charge in [0.25, 0.3) is 0 Å². The Kier molecular flexibility index (Phi) is 10.8. The van der Waals surface area contributed by atoms with Gasteiger partial charge in [0.1, 0.15) is 0 Å². The molecule has 3 atom stereocenters. The molecule has 1 fully saturated rings. The fourth-order valence-electron chi connectivity index (χ4n) is 6.52. The molecule has 4 nitrogen and oxygen atoms in total. The lowest BCUT2D eigenvalue weighted by molar-refractivity contribution is 0.0776. The standard InChI is InChI=1S/C36H50Cl2N4/c1-8-10-26-25-29(34(3,4)5)15-20-32(26)33-41-35(6,27-11-16-30(37)17-12-27)36(7,28-13-18-31(38)19-14-28)42(33)24-23-40-22-21-39-9-2/h11-20,25,33,39-41H,8-10,21-24H2,1-7H3/t33?,35-,36+/m0/s1. The zero-order valence-electron chi connectivity index (χ0n) is 26.6. The van der Waals surface area contributed by atoms with Crippen LogP contribution < -0.4 is 16.0 Å². The zero-order chi connectivity index (χ0) is 30.5. The highest BCUT2D eigenvalue weighted by Gasteiger charge is 2.59. The molecule has 3 aromatic carbocycles. The van der Waals surface area contributed by atoms with Crippen LogP contribution in [-0.2, 0) is 22.9 Å². The highest BCUT2D eigenvalue weighted by atomic mass is 35.5. The van der Waals surface area contributed by atoms with E-state index in [4.69, 9.17) is 23.2 Å². The zero-order valence-corrected chi connectivity index (χ0v) is 28.1. The van der Waals surface area contributed by atoms with Gasteiger partial charge in [-0.1, -0.05) is 107 Å². The molecular weight excluding hydrogens is 559 g/mol. The molecule has 0 spiro atoms. The number of nitrogens with zero attached hydrogens (tertiary/aromatic N) is 1. The second-order valence-corrected chi connectivity index (χ2v) is 13.8. The van der Waals surface area contributed by atoms with Crippen molar-refractivity contribution in [3.63, 3.8) is 0 Å². The lowest BCUT2D eigenvalue weighted by Gasteiger charge is -2.46.